The van der Waals surface area contributed by atoms with Gasteiger partial charge >= 0.3 is 21.9 Å². The van der Waals surface area contributed by atoms with E-state index in [4.69, 9.17) is 9.47 Å². The average molecular weight is 588 g/mol. The Kier molecular flexibility index (Phi) is 10.7. The molecule has 2 heterocycles. The van der Waals surface area contributed by atoms with Gasteiger partial charge in [-0.15, -0.1) is 13.2 Å². The summed E-state index contributed by atoms with van der Waals surface area (Å²) in [5, 5.41) is 4.42. The highest BCUT2D eigenvalue weighted by molar-refractivity contribution is 7.87. The molecule has 1 aliphatic heterocycles. The summed E-state index contributed by atoms with van der Waals surface area (Å²) < 4.78 is 41.4. The Balaban J connectivity index is 1.85. The minimum Gasteiger partial charge on any atom is -0.486 e. The van der Waals surface area contributed by atoms with E-state index < -0.39 is 27.5 Å². The summed E-state index contributed by atoms with van der Waals surface area (Å²) >= 11 is 0. The van der Waals surface area contributed by atoms with Crippen LogP contribution in [-0.4, -0.2) is 77.8 Å². The van der Waals surface area contributed by atoms with E-state index in [9.17, 15) is 18.0 Å². The summed E-state index contributed by atoms with van der Waals surface area (Å²) in [4.78, 5) is 28.2. The second kappa shape index (κ2) is 13.8. The van der Waals surface area contributed by atoms with Gasteiger partial charge in [-0.3, -0.25) is 4.79 Å². The highest BCUT2D eigenvalue weighted by Gasteiger charge is 2.37. The lowest BCUT2D eigenvalue weighted by Crippen LogP contribution is -2.55. The molecule has 1 saturated heterocycles. The van der Waals surface area contributed by atoms with Crippen LogP contribution in [-0.2, 0) is 14.9 Å². The van der Waals surface area contributed by atoms with Gasteiger partial charge in [0, 0.05) is 26.2 Å². The zero-order valence-electron chi connectivity index (χ0n) is 24.4. The molecular formula is C29H41N5O6S. The van der Waals surface area contributed by atoms with Gasteiger partial charge in [-0.05, 0) is 64.7 Å². The fourth-order valence-corrected chi connectivity index (χ4v) is 5.71. The molecule has 0 radical (unpaired) electrons. The number of nitrogens with zero attached hydrogens (tertiary/aromatic N) is 5. The van der Waals surface area contributed by atoms with E-state index in [1.165, 1.54) is 15.1 Å². The number of carbonyl (C=O) groups is 1. The smallest absolute Gasteiger partial charge is 0.425 e. The number of hydrogen-bond donors (Lipinski definition) is 0. The summed E-state index contributed by atoms with van der Waals surface area (Å²) in [5.74, 6) is 0.165. The van der Waals surface area contributed by atoms with Gasteiger partial charge in [0.25, 0.3) is 0 Å². The summed E-state index contributed by atoms with van der Waals surface area (Å²) in [7, 11) is -4.18. The van der Waals surface area contributed by atoms with Crippen LogP contribution in [0.15, 0.2) is 60.6 Å². The fourth-order valence-electron chi connectivity index (χ4n) is 4.29. The van der Waals surface area contributed by atoms with Crippen LogP contribution in [0.3, 0.4) is 0 Å². The predicted molar refractivity (Wildman–Crippen MR) is 160 cm³/mol. The number of rotatable bonds is 12. The lowest BCUT2D eigenvalue weighted by Gasteiger charge is -2.37. The van der Waals surface area contributed by atoms with Gasteiger partial charge < -0.3 is 14.4 Å². The van der Waals surface area contributed by atoms with Crippen molar-refractivity contribution in [2.24, 2.45) is 0 Å². The molecular weight excluding hydrogens is 546 g/mol. The second-order valence-corrected chi connectivity index (χ2v) is 12.6. The number of allylic oxidation sites excluding steroid dienone is 1. The number of hydrogen-bond acceptors (Lipinski definition) is 8. The third-order valence-corrected chi connectivity index (χ3v) is 8.16. The van der Waals surface area contributed by atoms with E-state index in [0.717, 1.165) is 24.8 Å². The Bertz CT molecular complexity index is 1390. The van der Waals surface area contributed by atoms with Crippen LogP contribution in [0.1, 0.15) is 45.6 Å². The summed E-state index contributed by atoms with van der Waals surface area (Å²) in [6.45, 7) is 15.1. The Hall–Kier alpha value is -3.64. The first-order valence-corrected chi connectivity index (χ1v) is 15.1. The number of piperazine rings is 1. The molecule has 1 aliphatic rings. The number of aromatic nitrogens is 2. The van der Waals surface area contributed by atoms with Gasteiger partial charge in [-0.2, -0.15) is 26.8 Å². The molecule has 0 atom stereocenters. The first-order valence-electron chi connectivity index (χ1n) is 13.7. The normalized spacial score (nSPS) is 14.4. The van der Waals surface area contributed by atoms with E-state index in [2.05, 4.69) is 18.3 Å². The van der Waals surface area contributed by atoms with Crippen molar-refractivity contribution < 1.29 is 22.7 Å². The molecule has 224 valence electrons. The van der Waals surface area contributed by atoms with E-state index in [-0.39, 0.29) is 38.5 Å². The second-order valence-electron chi connectivity index (χ2n) is 10.7. The zero-order valence-corrected chi connectivity index (χ0v) is 25.2. The summed E-state index contributed by atoms with van der Waals surface area (Å²) in [6.07, 6.45) is 6.27. The molecule has 1 amide bonds. The predicted octanol–water partition coefficient (Wildman–Crippen LogP) is 4.07. The number of unbranched alkanes of at least 4 members (excludes halogenated alkanes) is 2. The number of anilines is 1. The standard InChI is InChI=1S/C29H41N5O6S/c1-7-9-10-11-20-39-26-25(22-30-34(27(26)35)24-14-12-13-23(3)21-24)31-16-18-32(19-17-31)41(37,38)33(15-8-2)28(36)40-29(4,5)6/h7-8,12-14,21-22H,1-2,9-11,15-20H2,3-6H3. The van der Waals surface area contributed by atoms with Gasteiger partial charge in [0.2, 0.25) is 5.75 Å². The first kappa shape index (κ1) is 31.9. The number of benzene rings is 1. The van der Waals surface area contributed by atoms with Gasteiger partial charge in [-0.1, -0.05) is 24.3 Å². The number of ether oxygens (including phenoxy) is 2. The van der Waals surface area contributed by atoms with Crippen LogP contribution < -0.4 is 15.2 Å². The minimum atomic E-state index is -4.18. The molecule has 1 aromatic carbocycles. The average Bonchev–Trinajstić information content (AvgIpc) is 2.91. The molecule has 3 rings (SSSR count). The van der Waals surface area contributed by atoms with Crippen molar-refractivity contribution in [3.63, 3.8) is 0 Å². The van der Waals surface area contributed by atoms with Crippen LogP contribution in [0, 0.1) is 6.92 Å². The lowest BCUT2D eigenvalue weighted by molar-refractivity contribution is 0.0395. The van der Waals surface area contributed by atoms with Crippen LogP contribution in [0.2, 0.25) is 0 Å². The van der Waals surface area contributed by atoms with Crippen molar-refractivity contribution in [2.45, 2.75) is 52.6 Å². The van der Waals surface area contributed by atoms with Crippen molar-refractivity contribution in [3.05, 3.63) is 71.7 Å². The van der Waals surface area contributed by atoms with E-state index >= 15 is 0 Å². The fraction of sp³-hybridized carbons (Fsp3) is 0.483. The number of carbonyl (C=O) groups excluding carboxylic acids is 1. The SMILES string of the molecule is C=CCCCCOc1c(N2CCN(S(=O)(=O)N(CC=C)C(=O)OC(C)(C)C)CC2)cnn(-c2cccc(C)c2)c1=O. The monoisotopic (exact) mass is 587 g/mol. The maximum absolute atomic E-state index is 13.6. The first-order chi connectivity index (χ1) is 19.4. The van der Waals surface area contributed by atoms with Crippen molar-refractivity contribution in [2.75, 3.05) is 44.2 Å². The van der Waals surface area contributed by atoms with Gasteiger partial charge in [0.15, 0.2) is 0 Å². The van der Waals surface area contributed by atoms with Gasteiger partial charge in [-0.25, -0.2) is 4.79 Å². The van der Waals surface area contributed by atoms with Crippen molar-refractivity contribution in [1.29, 1.82) is 0 Å². The van der Waals surface area contributed by atoms with E-state index in [1.54, 1.807) is 33.0 Å². The Morgan fingerprint density at radius 2 is 1.83 bits per heavy atom. The van der Waals surface area contributed by atoms with Gasteiger partial charge in [0.05, 0.1) is 25.0 Å². The van der Waals surface area contributed by atoms with Crippen LogP contribution in [0.25, 0.3) is 5.69 Å². The van der Waals surface area contributed by atoms with Crippen LogP contribution in [0.4, 0.5) is 10.5 Å². The highest BCUT2D eigenvalue weighted by Crippen LogP contribution is 2.27. The van der Waals surface area contributed by atoms with Crippen molar-refractivity contribution >= 4 is 22.0 Å². The summed E-state index contributed by atoms with van der Waals surface area (Å²) in [6, 6.07) is 7.46. The molecule has 41 heavy (non-hydrogen) atoms. The quantitative estimate of drug-likeness (QED) is 0.270. The van der Waals surface area contributed by atoms with E-state index in [1.807, 2.05) is 36.1 Å². The molecule has 1 fully saturated rings. The van der Waals surface area contributed by atoms with Crippen LogP contribution in [0.5, 0.6) is 5.75 Å². The lowest BCUT2D eigenvalue weighted by atomic mass is 10.2. The van der Waals surface area contributed by atoms with Crippen molar-refractivity contribution in [1.82, 2.24) is 18.4 Å². The molecule has 2 aromatic rings. The van der Waals surface area contributed by atoms with Crippen LogP contribution >= 0.6 is 0 Å². The highest BCUT2D eigenvalue weighted by atomic mass is 32.2. The molecule has 0 unspecified atom stereocenters. The largest absolute Gasteiger partial charge is 0.486 e. The number of aryl methyl sites for hydroxylation is 1. The molecule has 1 aromatic heterocycles. The van der Waals surface area contributed by atoms with Gasteiger partial charge in [0.1, 0.15) is 11.3 Å². The molecule has 0 spiro atoms. The zero-order chi connectivity index (χ0) is 30.2. The molecule has 0 N–H and O–H groups in total. The van der Waals surface area contributed by atoms with E-state index in [0.29, 0.717) is 22.3 Å². The Morgan fingerprint density at radius 3 is 2.44 bits per heavy atom. The molecule has 0 bridgehead atoms. The molecule has 0 saturated carbocycles. The minimum absolute atomic E-state index is 0.0819. The number of amides is 1. The maximum Gasteiger partial charge on any atom is 0.425 e. The Morgan fingerprint density at radius 1 is 1.12 bits per heavy atom. The maximum atomic E-state index is 13.6. The van der Waals surface area contributed by atoms with Crippen molar-refractivity contribution in [3.8, 4) is 11.4 Å². The molecule has 0 aliphatic carbocycles. The summed E-state index contributed by atoms with van der Waals surface area (Å²) in [5.41, 5.74) is 0.849. The third-order valence-electron chi connectivity index (χ3n) is 6.29. The third kappa shape index (κ3) is 8.20. The Labute approximate surface area is 242 Å². The topological polar surface area (TPSA) is 114 Å². The molecule has 11 nitrogen and oxygen atoms in total. The molecule has 12 heteroatoms.